The maximum absolute atomic E-state index is 13.0. The van der Waals surface area contributed by atoms with Crippen LogP contribution in [-0.4, -0.2) is 13.6 Å². The number of benzene rings is 1. The zero-order chi connectivity index (χ0) is 10.1. The molecule has 2 rings (SSSR count). The predicted octanol–water partition coefficient (Wildman–Crippen LogP) is 2.80. The third-order valence-electron chi connectivity index (χ3n) is 2.70. The molecular weight excluding hydrogens is 201 g/mol. The van der Waals surface area contributed by atoms with E-state index in [9.17, 15) is 4.39 Å². The van der Waals surface area contributed by atoms with E-state index < -0.39 is 0 Å². The molecule has 0 amide bonds. The molecule has 1 nitrogen and oxygen atoms in total. The number of rotatable bonds is 3. The smallest absolute Gasteiger partial charge is 0.124 e. The van der Waals surface area contributed by atoms with Crippen molar-refractivity contribution in [3.8, 4) is 0 Å². The van der Waals surface area contributed by atoms with Crippen LogP contribution in [0.3, 0.4) is 0 Å². The third-order valence-corrected chi connectivity index (χ3v) is 2.92. The molecule has 0 bridgehead atoms. The van der Waals surface area contributed by atoms with Crippen molar-refractivity contribution in [1.82, 2.24) is 5.32 Å². The molecule has 0 aliphatic heterocycles. The number of hydrogen-bond donors (Lipinski definition) is 1. The van der Waals surface area contributed by atoms with Gasteiger partial charge in [0.05, 0.1) is 0 Å². The minimum absolute atomic E-state index is 0.234. The number of nitrogens with one attached hydrogen (secondary N) is 1. The second kappa shape index (κ2) is 3.87. The highest BCUT2D eigenvalue weighted by atomic mass is 35.5. The van der Waals surface area contributed by atoms with E-state index in [-0.39, 0.29) is 5.82 Å². The van der Waals surface area contributed by atoms with Crippen LogP contribution in [0.2, 0.25) is 5.02 Å². The fourth-order valence-corrected chi connectivity index (χ4v) is 2.16. The van der Waals surface area contributed by atoms with Gasteiger partial charge in [-0.15, -0.1) is 0 Å². The largest absolute Gasteiger partial charge is 0.319 e. The van der Waals surface area contributed by atoms with Gasteiger partial charge in [-0.1, -0.05) is 11.6 Å². The van der Waals surface area contributed by atoms with Crippen LogP contribution < -0.4 is 5.32 Å². The fourth-order valence-electron chi connectivity index (χ4n) is 1.93. The van der Waals surface area contributed by atoms with Crippen molar-refractivity contribution < 1.29 is 4.39 Å². The molecule has 76 valence electrons. The van der Waals surface area contributed by atoms with Crippen LogP contribution in [0.4, 0.5) is 4.39 Å². The first kappa shape index (κ1) is 9.94. The van der Waals surface area contributed by atoms with Crippen LogP contribution in [-0.2, 0) is 0 Å². The molecule has 1 aliphatic carbocycles. The van der Waals surface area contributed by atoms with Crippen molar-refractivity contribution in [3.05, 3.63) is 34.6 Å². The van der Waals surface area contributed by atoms with Crippen LogP contribution in [0.25, 0.3) is 0 Å². The zero-order valence-corrected chi connectivity index (χ0v) is 8.81. The summed E-state index contributed by atoms with van der Waals surface area (Å²) in [5, 5.41) is 3.63. The molecular formula is C11H13ClFN. The highest BCUT2D eigenvalue weighted by Crippen LogP contribution is 2.47. The minimum Gasteiger partial charge on any atom is -0.319 e. The standard InChI is InChI=1S/C11H13ClFN/c1-14-6-8-4-11(8)7-2-9(12)5-10(13)3-7/h2-3,5,8,11,14H,4,6H2,1H3. The topological polar surface area (TPSA) is 12.0 Å². The van der Waals surface area contributed by atoms with Gasteiger partial charge < -0.3 is 5.32 Å². The van der Waals surface area contributed by atoms with Crippen molar-refractivity contribution in [1.29, 1.82) is 0 Å². The summed E-state index contributed by atoms with van der Waals surface area (Å²) in [6, 6.07) is 4.80. The molecule has 0 aromatic heterocycles. The quantitative estimate of drug-likeness (QED) is 0.814. The van der Waals surface area contributed by atoms with E-state index in [1.54, 1.807) is 6.07 Å². The second-order valence-corrected chi connectivity index (χ2v) is 4.30. The van der Waals surface area contributed by atoms with Crippen molar-refractivity contribution in [3.63, 3.8) is 0 Å². The molecule has 2 unspecified atom stereocenters. The Bertz CT molecular complexity index is 320. The van der Waals surface area contributed by atoms with Crippen LogP contribution >= 0.6 is 11.6 Å². The van der Waals surface area contributed by atoms with E-state index in [4.69, 9.17) is 11.6 Å². The van der Waals surface area contributed by atoms with Crippen LogP contribution in [0.5, 0.6) is 0 Å². The van der Waals surface area contributed by atoms with Gasteiger partial charge in [0.2, 0.25) is 0 Å². The van der Waals surface area contributed by atoms with Crippen molar-refractivity contribution in [2.75, 3.05) is 13.6 Å². The van der Waals surface area contributed by atoms with E-state index in [1.807, 2.05) is 13.1 Å². The molecule has 1 N–H and O–H groups in total. The Labute approximate surface area is 88.3 Å². The second-order valence-electron chi connectivity index (χ2n) is 3.86. The Morgan fingerprint density at radius 3 is 2.93 bits per heavy atom. The summed E-state index contributed by atoms with van der Waals surface area (Å²) in [4.78, 5) is 0. The van der Waals surface area contributed by atoms with E-state index in [1.165, 1.54) is 6.07 Å². The average molecular weight is 214 g/mol. The Hall–Kier alpha value is -0.600. The Morgan fingerprint density at radius 1 is 1.50 bits per heavy atom. The summed E-state index contributed by atoms with van der Waals surface area (Å²) >= 11 is 5.79. The predicted molar refractivity (Wildman–Crippen MR) is 56.2 cm³/mol. The van der Waals surface area contributed by atoms with Crippen molar-refractivity contribution >= 4 is 11.6 Å². The summed E-state index contributed by atoms with van der Waals surface area (Å²) < 4.78 is 13.0. The lowest BCUT2D eigenvalue weighted by Crippen LogP contribution is -2.10. The minimum atomic E-state index is -0.234. The zero-order valence-electron chi connectivity index (χ0n) is 8.06. The molecule has 1 aromatic rings. The SMILES string of the molecule is CNCC1CC1c1cc(F)cc(Cl)c1. The number of halogens is 2. The third kappa shape index (κ3) is 2.07. The Morgan fingerprint density at radius 2 is 2.29 bits per heavy atom. The van der Waals surface area contributed by atoms with Gasteiger partial charge in [0.1, 0.15) is 5.82 Å². The summed E-state index contributed by atoms with van der Waals surface area (Å²) in [6.07, 6.45) is 1.14. The first-order valence-electron chi connectivity index (χ1n) is 4.81. The Kier molecular flexibility index (Phi) is 2.75. The summed E-state index contributed by atoms with van der Waals surface area (Å²) in [7, 11) is 1.94. The van der Waals surface area contributed by atoms with Gasteiger partial charge in [0.25, 0.3) is 0 Å². The molecule has 2 atom stereocenters. The van der Waals surface area contributed by atoms with Crippen LogP contribution in [0.15, 0.2) is 18.2 Å². The highest BCUT2D eigenvalue weighted by Gasteiger charge is 2.37. The highest BCUT2D eigenvalue weighted by molar-refractivity contribution is 6.30. The first-order valence-corrected chi connectivity index (χ1v) is 5.19. The van der Waals surface area contributed by atoms with Gasteiger partial charge in [0.15, 0.2) is 0 Å². The molecule has 0 spiro atoms. The van der Waals surface area contributed by atoms with Crippen LogP contribution in [0.1, 0.15) is 17.9 Å². The molecule has 0 radical (unpaired) electrons. The summed E-state index contributed by atoms with van der Waals surface area (Å²) in [6.45, 7) is 0.999. The maximum Gasteiger partial charge on any atom is 0.124 e. The molecule has 1 fully saturated rings. The first-order chi connectivity index (χ1) is 6.70. The van der Waals surface area contributed by atoms with Gasteiger partial charge >= 0.3 is 0 Å². The fraction of sp³-hybridized carbons (Fsp3) is 0.455. The molecule has 3 heteroatoms. The molecule has 1 aliphatic rings. The van der Waals surface area contributed by atoms with Gasteiger partial charge in [-0.2, -0.15) is 0 Å². The van der Waals surface area contributed by atoms with E-state index in [0.717, 1.165) is 18.5 Å². The van der Waals surface area contributed by atoms with E-state index in [2.05, 4.69) is 5.32 Å². The summed E-state index contributed by atoms with van der Waals surface area (Å²) in [5.74, 6) is 0.913. The molecule has 14 heavy (non-hydrogen) atoms. The lowest BCUT2D eigenvalue weighted by Gasteiger charge is -2.01. The normalized spacial score (nSPS) is 25.1. The van der Waals surface area contributed by atoms with Gasteiger partial charge in [0, 0.05) is 5.02 Å². The molecule has 0 heterocycles. The van der Waals surface area contributed by atoms with E-state index in [0.29, 0.717) is 16.9 Å². The molecule has 1 aromatic carbocycles. The monoisotopic (exact) mass is 213 g/mol. The lowest BCUT2D eigenvalue weighted by molar-refractivity contribution is 0.624. The average Bonchev–Trinajstić information content (AvgIpc) is 2.82. The van der Waals surface area contributed by atoms with Gasteiger partial charge in [-0.3, -0.25) is 0 Å². The lowest BCUT2D eigenvalue weighted by atomic mass is 10.1. The van der Waals surface area contributed by atoms with Gasteiger partial charge in [-0.05, 0) is 55.6 Å². The molecule has 1 saturated carbocycles. The maximum atomic E-state index is 13.0. The number of hydrogen-bond acceptors (Lipinski definition) is 1. The molecule has 0 saturated heterocycles. The van der Waals surface area contributed by atoms with Crippen molar-refractivity contribution in [2.45, 2.75) is 12.3 Å². The van der Waals surface area contributed by atoms with Gasteiger partial charge in [-0.25, -0.2) is 4.39 Å². The summed E-state index contributed by atoms with van der Waals surface area (Å²) in [5.41, 5.74) is 1.04. The van der Waals surface area contributed by atoms with E-state index >= 15 is 0 Å². The Balaban J connectivity index is 2.11. The van der Waals surface area contributed by atoms with Crippen LogP contribution in [0, 0.1) is 11.7 Å². The van der Waals surface area contributed by atoms with Crippen molar-refractivity contribution in [2.24, 2.45) is 5.92 Å².